The molecule has 0 aliphatic heterocycles. The van der Waals surface area contributed by atoms with Crippen molar-refractivity contribution in [1.29, 1.82) is 0 Å². The second-order valence-corrected chi connectivity index (χ2v) is 4.92. The number of aryl methyl sites for hydroxylation is 1. The molecule has 0 N–H and O–H groups in total. The summed E-state index contributed by atoms with van der Waals surface area (Å²) in [5, 5.41) is 0. The fourth-order valence-electron chi connectivity index (χ4n) is 2.27. The molecule has 3 rings (SSSR count). The van der Waals surface area contributed by atoms with Crippen molar-refractivity contribution in [2.24, 2.45) is 0 Å². The Hall–Kier alpha value is -2.89. The van der Waals surface area contributed by atoms with Gasteiger partial charge in [0.2, 0.25) is 5.88 Å². The summed E-state index contributed by atoms with van der Waals surface area (Å²) in [6, 6.07) is 7.57. The first-order valence-electron chi connectivity index (χ1n) is 7.41. The molecule has 23 heavy (non-hydrogen) atoms. The largest absolute Gasteiger partial charge is 0.492 e. The Labute approximate surface area is 134 Å². The lowest BCUT2D eigenvalue weighted by Crippen LogP contribution is -2.05. The first-order valence-corrected chi connectivity index (χ1v) is 7.41. The van der Waals surface area contributed by atoms with Crippen LogP contribution in [0.4, 0.5) is 0 Å². The SMILES string of the molecule is COc1cc(-c2nccn2CCCOc2cccnc2)ccn1. The Balaban J connectivity index is 1.60. The van der Waals surface area contributed by atoms with E-state index < -0.39 is 0 Å². The second-order valence-electron chi connectivity index (χ2n) is 4.92. The number of ether oxygens (including phenoxy) is 2. The van der Waals surface area contributed by atoms with Gasteiger partial charge in [-0.25, -0.2) is 9.97 Å². The van der Waals surface area contributed by atoms with Crippen molar-refractivity contribution >= 4 is 0 Å². The zero-order valence-electron chi connectivity index (χ0n) is 12.9. The van der Waals surface area contributed by atoms with Gasteiger partial charge in [0.25, 0.3) is 0 Å². The molecule has 118 valence electrons. The molecule has 0 fully saturated rings. The van der Waals surface area contributed by atoms with Crippen LogP contribution in [0.15, 0.2) is 55.2 Å². The smallest absolute Gasteiger partial charge is 0.213 e. The van der Waals surface area contributed by atoms with Crippen molar-refractivity contribution in [3.63, 3.8) is 0 Å². The lowest BCUT2D eigenvalue weighted by atomic mass is 10.2. The van der Waals surface area contributed by atoms with Gasteiger partial charge in [-0.15, -0.1) is 0 Å². The summed E-state index contributed by atoms with van der Waals surface area (Å²) >= 11 is 0. The van der Waals surface area contributed by atoms with Crippen LogP contribution in [-0.2, 0) is 6.54 Å². The fraction of sp³-hybridized carbons (Fsp3) is 0.235. The van der Waals surface area contributed by atoms with E-state index in [9.17, 15) is 0 Å². The van der Waals surface area contributed by atoms with Gasteiger partial charge in [-0.1, -0.05) is 0 Å². The lowest BCUT2D eigenvalue weighted by molar-refractivity contribution is 0.301. The molecule has 0 unspecified atom stereocenters. The van der Waals surface area contributed by atoms with Crippen LogP contribution in [0.2, 0.25) is 0 Å². The minimum absolute atomic E-state index is 0.581. The second kappa shape index (κ2) is 7.40. The van der Waals surface area contributed by atoms with Crippen LogP contribution in [0.25, 0.3) is 11.4 Å². The first kappa shape index (κ1) is 15.0. The summed E-state index contributed by atoms with van der Waals surface area (Å²) in [4.78, 5) is 12.6. The molecule has 6 heteroatoms. The van der Waals surface area contributed by atoms with Gasteiger partial charge in [0.15, 0.2) is 0 Å². The average molecular weight is 310 g/mol. The third kappa shape index (κ3) is 3.85. The summed E-state index contributed by atoms with van der Waals surface area (Å²) in [7, 11) is 1.61. The van der Waals surface area contributed by atoms with Crippen LogP contribution in [0.3, 0.4) is 0 Å². The molecule has 3 aromatic heterocycles. The van der Waals surface area contributed by atoms with E-state index in [2.05, 4.69) is 19.5 Å². The van der Waals surface area contributed by atoms with E-state index in [1.165, 1.54) is 0 Å². The van der Waals surface area contributed by atoms with Crippen molar-refractivity contribution in [2.45, 2.75) is 13.0 Å². The zero-order chi connectivity index (χ0) is 15.9. The maximum Gasteiger partial charge on any atom is 0.213 e. The van der Waals surface area contributed by atoms with Crippen LogP contribution < -0.4 is 9.47 Å². The van der Waals surface area contributed by atoms with Gasteiger partial charge in [0.1, 0.15) is 11.6 Å². The quantitative estimate of drug-likeness (QED) is 0.628. The number of nitrogens with zero attached hydrogens (tertiary/aromatic N) is 4. The third-order valence-electron chi connectivity index (χ3n) is 3.36. The maximum atomic E-state index is 5.66. The highest BCUT2D eigenvalue weighted by Gasteiger charge is 2.07. The Morgan fingerprint density at radius 2 is 2.09 bits per heavy atom. The van der Waals surface area contributed by atoms with Gasteiger partial charge in [-0.3, -0.25) is 4.98 Å². The highest BCUT2D eigenvalue weighted by molar-refractivity contribution is 5.56. The van der Waals surface area contributed by atoms with Crippen molar-refractivity contribution in [2.75, 3.05) is 13.7 Å². The van der Waals surface area contributed by atoms with E-state index in [0.717, 1.165) is 30.1 Å². The fourth-order valence-corrected chi connectivity index (χ4v) is 2.27. The van der Waals surface area contributed by atoms with Crippen molar-refractivity contribution in [3.05, 3.63) is 55.2 Å². The van der Waals surface area contributed by atoms with Gasteiger partial charge >= 0.3 is 0 Å². The van der Waals surface area contributed by atoms with E-state index in [4.69, 9.17) is 9.47 Å². The molecule has 0 saturated carbocycles. The molecule has 0 radical (unpaired) electrons. The molecular formula is C17H18N4O2. The highest BCUT2D eigenvalue weighted by atomic mass is 16.5. The molecule has 0 atom stereocenters. The van der Waals surface area contributed by atoms with Gasteiger partial charge in [-0.2, -0.15) is 0 Å². The minimum Gasteiger partial charge on any atom is -0.492 e. The summed E-state index contributed by atoms with van der Waals surface area (Å²) in [6.45, 7) is 1.45. The summed E-state index contributed by atoms with van der Waals surface area (Å²) in [5.41, 5.74) is 0.982. The number of hydrogen-bond acceptors (Lipinski definition) is 5. The minimum atomic E-state index is 0.581. The summed E-state index contributed by atoms with van der Waals surface area (Å²) in [5.74, 6) is 2.27. The normalized spacial score (nSPS) is 10.5. The average Bonchev–Trinajstić information content (AvgIpc) is 3.08. The number of aromatic nitrogens is 4. The molecule has 3 heterocycles. The van der Waals surface area contributed by atoms with Crippen LogP contribution in [0, 0.1) is 0 Å². The monoisotopic (exact) mass is 310 g/mol. The molecule has 0 aromatic carbocycles. The van der Waals surface area contributed by atoms with Gasteiger partial charge < -0.3 is 14.0 Å². The standard InChI is InChI=1S/C17H18N4O2/c1-22-16-12-14(5-7-19-16)17-20-8-10-21(17)9-3-11-23-15-4-2-6-18-13-15/h2,4-8,10,12-13H,3,9,11H2,1H3. The third-order valence-corrected chi connectivity index (χ3v) is 3.36. The van der Waals surface area contributed by atoms with Crippen molar-refractivity contribution < 1.29 is 9.47 Å². The van der Waals surface area contributed by atoms with Crippen molar-refractivity contribution in [3.8, 4) is 23.0 Å². The molecular weight excluding hydrogens is 292 g/mol. The predicted molar refractivity (Wildman–Crippen MR) is 86.4 cm³/mol. The van der Waals surface area contributed by atoms with E-state index in [1.807, 2.05) is 30.5 Å². The van der Waals surface area contributed by atoms with E-state index in [1.54, 1.807) is 31.9 Å². The Morgan fingerprint density at radius 3 is 2.91 bits per heavy atom. The van der Waals surface area contributed by atoms with E-state index in [-0.39, 0.29) is 0 Å². The highest BCUT2D eigenvalue weighted by Crippen LogP contribution is 2.20. The number of imidazole rings is 1. The van der Waals surface area contributed by atoms with Gasteiger partial charge in [0, 0.05) is 43.0 Å². The first-order chi connectivity index (χ1) is 11.4. The molecule has 0 saturated heterocycles. The number of rotatable bonds is 7. The molecule has 0 amide bonds. The maximum absolute atomic E-state index is 5.66. The molecule has 6 nitrogen and oxygen atoms in total. The topological polar surface area (TPSA) is 62.1 Å². The zero-order valence-corrected chi connectivity index (χ0v) is 12.9. The van der Waals surface area contributed by atoms with Crippen LogP contribution in [-0.4, -0.2) is 33.2 Å². The Morgan fingerprint density at radius 1 is 1.13 bits per heavy atom. The van der Waals surface area contributed by atoms with E-state index >= 15 is 0 Å². The molecule has 3 aromatic rings. The van der Waals surface area contributed by atoms with Crippen LogP contribution in [0.1, 0.15) is 6.42 Å². The van der Waals surface area contributed by atoms with Crippen LogP contribution in [0.5, 0.6) is 11.6 Å². The Bertz CT molecular complexity index is 743. The van der Waals surface area contributed by atoms with Crippen molar-refractivity contribution in [1.82, 2.24) is 19.5 Å². The number of methoxy groups -OCH3 is 1. The predicted octanol–water partition coefficient (Wildman–Crippen LogP) is 2.82. The molecule has 0 bridgehead atoms. The number of pyridine rings is 2. The Kier molecular flexibility index (Phi) is 4.83. The van der Waals surface area contributed by atoms with Crippen LogP contribution >= 0.6 is 0 Å². The molecule has 0 aliphatic rings. The van der Waals surface area contributed by atoms with Gasteiger partial charge in [-0.05, 0) is 24.6 Å². The molecule has 0 spiro atoms. The van der Waals surface area contributed by atoms with Gasteiger partial charge in [0.05, 0.1) is 19.9 Å². The lowest BCUT2D eigenvalue weighted by Gasteiger charge is -2.09. The number of hydrogen-bond donors (Lipinski definition) is 0. The summed E-state index contributed by atoms with van der Waals surface area (Å²) in [6.07, 6.45) is 9.80. The van der Waals surface area contributed by atoms with E-state index in [0.29, 0.717) is 12.5 Å². The summed E-state index contributed by atoms with van der Waals surface area (Å²) < 4.78 is 12.9. The molecule has 0 aliphatic carbocycles.